The molecule has 11 heteroatoms. The van der Waals surface area contributed by atoms with E-state index in [-0.39, 0.29) is 17.9 Å². The molecule has 0 unspecified atom stereocenters. The number of carbonyl (C=O) groups excluding carboxylic acids is 1. The predicted octanol–water partition coefficient (Wildman–Crippen LogP) is 4.29. The lowest BCUT2D eigenvalue weighted by Crippen LogP contribution is -2.49. The van der Waals surface area contributed by atoms with E-state index in [1.807, 2.05) is 49.3 Å². The molecule has 0 spiro atoms. The number of anilines is 1. The summed E-state index contributed by atoms with van der Waals surface area (Å²) in [5.74, 6) is -2.30. The van der Waals surface area contributed by atoms with Gasteiger partial charge in [0, 0.05) is 37.3 Å². The number of aromatic nitrogens is 3. The van der Waals surface area contributed by atoms with Crippen molar-refractivity contribution in [1.29, 1.82) is 0 Å². The number of hydrogen-bond donors (Lipinski definition) is 2. The predicted molar refractivity (Wildman–Crippen MR) is 150 cm³/mol. The van der Waals surface area contributed by atoms with Crippen LogP contribution in [0.1, 0.15) is 12.5 Å². The number of likely N-dealkylation sites (tertiary alicyclic amines) is 1. The van der Waals surface area contributed by atoms with Crippen molar-refractivity contribution in [2.24, 2.45) is 0 Å². The molecule has 1 atom stereocenters. The number of nitrogens with zero attached hydrogens (tertiary/aromatic N) is 4. The highest BCUT2D eigenvalue weighted by Gasteiger charge is 2.43. The van der Waals surface area contributed by atoms with Gasteiger partial charge in [-0.2, -0.15) is 5.10 Å². The molecule has 5 rings (SSSR count). The van der Waals surface area contributed by atoms with Gasteiger partial charge in [-0.15, -0.1) is 0 Å². The molecule has 1 amide bonds. The monoisotopic (exact) mass is 548 g/mol. The maximum absolute atomic E-state index is 15.0. The first-order valence-electron chi connectivity index (χ1n) is 12.8. The van der Waals surface area contributed by atoms with Gasteiger partial charge in [0.15, 0.2) is 5.82 Å². The highest BCUT2D eigenvalue weighted by molar-refractivity contribution is 6.02. The Morgan fingerprint density at radius 2 is 1.88 bits per heavy atom. The summed E-state index contributed by atoms with van der Waals surface area (Å²) in [5, 5.41) is 6.64. The van der Waals surface area contributed by atoms with Crippen LogP contribution in [0.2, 0.25) is 0 Å². The van der Waals surface area contributed by atoms with E-state index in [4.69, 9.17) is 10.5 Å². The number of piperidine rings is 1. The van der Waals surface area contributed by atoms with Crippen LogP contribution in [0.5, 0.6) is 11.5 Å². The Morgan fingerprint density at radius 3 is 2.58 bits per heavy atom. The highest BCUT2D eigenvalue weighted by atomic mass is 19.3. The number of likely N-dealkylation sites (N-methyl/N-ethyl adjacent to an activating group) is 1. The minimum atomic E-state index is -3.15. The molecule has 1 aliphatic rings. The van der Waals surface area contributed by atoms with E-state index in [0.29, 0.717) is 34.6 Å². The quantitative estimate of drug-likeness (QED) is 0.334. The molecule has 1 fully saturated rings. The molecular formula is C29H30F2N6O3. The van der Waals surface area contributed by atoms with E-state index in [2.05, 4.69) is 10.2 Å². The van der Waals surface area contributed by atoms with Gasteiger partial charge in [-0.25, -0.2) is 13.9 Å². The van der Waals surface area contributed by atoms with Crippen molar-refractivity contribution in [3.8, 4) is 22.6 Å². The van der Waals surface area contributed by atoms with Gasteiger partial charge in [0.2, 0.25) is 5.91 Å². The van der Waals surface area contributed by atoms with Crippen molar-refractivity contribution < 1.29 is 18.3 Å². The lowest BCUT2D eigenvalue weighted by atomic mass is 10.0. The number of nitrogen functional groups attached to an aromatic ring is 1. The second kappa shape index (κ2) is 10.9. The molecule has 0 saturated carbocycles. The van der Waals surface area contributed by atoms with E-state index in [0.717, 1.165) is 4.90 Å². The van der Waals surface area contributed by atoms with Crippen molar-refractivity contribution in [1.82, 2.24) is 24.6 Å². The number of H-pyrrole nitrogens is 1. The number of nitrogens with one attached hydrogen (secondary N) is 1. The van der Waals surface area contributed by atoms with Gasteiger partial charge >= 0.3 is 0 Å². The van der Waals surface area contributed by atoms with E-state index >= 15 is 0 Å². The lowest BCUT2D eigenvalue weighted by Gasteiger charge is -2.38. The zero-order valence-electron chi connectivity index (χ0n) is 22.2. The molecular weight excluding hydrogens is 518 g/mol. The fourth-order valence-electron chi connectivity index (χ4n) is 4.96. The van der Waals surface area contributed by atoms with Gasteiger partial charge in [0.25, 0.3) is 11.5 Å². The van der Waals surface area contributed by atoms with E-state index < -0.39 is 36.4 Å². The fourth-order valence-corrected chi connectivity index (χ4v) is 4.96. The van der Waals surface area contributed by atoms with Crippen LogP contribution in [0.25, 0.3) is 22.0 Å². The van der Waals surface area contributed by atoms with Gasteiger partial charge in [-0.05, 0) is 43.9 Å². The number of halogens is 2. The molecule has 1 saturated heterocycles. The molecule has 40 heavy (non-hydrogen) atoms. The molecule has 0 radical (unpaired) electrons. The SMILES string of the molecule is CN(C)C/C=C/C(=O)N1C[C@H](n2cc(-c3ccc(Oc4ccccc4)cc3)c3c(N)n[nH]c(=O)c32)CC(F)(F)C1. The standard InChI is InChI=1S/C29H30F2N6O3/c1-35(2)14-6-9-24(38)36-16-20(15-29(30,31)18-36)37-17-23(25-26(37)28(39)34-33-27(25)32)19-10-12-22(13-11-19)40-21-7-4-3-5-8-21/h3-13,17,20H,14-16,18H2,1-2H3,(H2,32,33)(H,34,39)/b9-6+/t20-/m1/s1. The Hall–Kier alpha value is -4.51. The number of para-hydroxylation sites is 1. The van der Waals surface area contributed by atoms with E-state index in [1.165, 1.54) is 10.6 Å². The van der Waals surface area contributed by atoms with Crippen LogP contribution in [0, 0.1) is 0 Å². The zero-order valence-corrected chi connectivity index (χ0v) is 22.2. The summed E-state index contributed by atoms with van der Waals surface area (Å²) in [7, 11) is 3.69. The first-order valence-corrected chi connectivity index (χ1v) is 12.8. The van der Waals surface area contributed by atoms with Gasteiger partial charge in [0.05, 0.1) is 18.0 Å². The number of carbonyl (C=O) groups is 1. The second-order valence-corrected chi connectivity index (χ2v) is 10.1. The number of rotatable bonds is 7. The number of hydrogen-bond acceptors (Lipinski definition) is 6. The summed E-state index contributed by atoms with van der Waals surface area (Å²) in [6.07, 6.45) is 4.05. The minimum Gasteiger partial charge on any atom is -0.457 e. The molecule has 2 aromatic heterocycles. The molecule has 2 aromatic carbocycles. The largest absolute Gasteiger partial charge is 0.457 e. The van der Waals surface area contributed by atoms with Crippen LogP contribution >= 0.6 is 0 Å². The first kappa shape index (κ1) is 27.1. The van der Waals surface area contributed by atoms with Crippen molar-refractivity contribution in [3.63, 3.8) is 0 Å². The molecule has 3 heterocycles. The van der Waals surface area contributed by atoms with Crippen molar-refractivity contribution in [3.05, 3.63) is 83.3 Å². The van der Waals surface area contributed by atoms with Crippen LogP contribution in [-0.2, 0) is 4.79 Å². The normalized spacial score (nSPS) is 17.1. The first-order chi connectivity index (χ1) is 19.1. The average molecular weight is 549 g/mol. The minimum absolute atomic E-state index is 0.00939. The van der Waals surface area contributed by atoms with E-state index in [1.54, 1.807) is 36.5 Å². The van der Waals surface area contributed by atoms with Gasteiger partial charge < -0.3 is 24.8 Å². The summed E-state index contributed by atoms with van der Waals surface area (Å²) in [6.45, 7) is -0.180. The number of ether oxygens (including phenoxy) is 1. The lowest BCUT2D eigenvalue weighted by molar-refractivity contribution is -0.139. The number of amides is 1. The Morgan fingerprint density at radius 1 is 1.18 bits per heavy atom. The Labute approximate surface area is 229 Å². The third kappa shape index (κ3) is 5.74. The summed E-state index contributed by atoms with van der Waals surface area (Å²) in [5.41, 5.74) is 7.04. The molecule has 4 aromatic rings. The van der Waals surface area contributed by atoms with Gasteiger partial charge in [-0.1, -0.05) is 36.4 Å². The summed E-state index contributed by atoms with van der Waals surface area (Å²) < 4.78 is 37.3. The second-order valence-electron chi connectivity index (χ2n) is 10.1. The molecule has 1 aliphatic heterocycles. The van der Waals surface area contributed by atoms with Crippen LogP contribution in [0.4, 0.5) is 14.6 Å². The van der Waals surface area contributed by atoms with Crippen LogP contribution in [0.15, 0.2) is 77.7 Å². The van der Waals surface area contributed by atoms with Crippen molar-refractivity contribution >= 4 is 22.6 Å². The van der Waals surface area contributed by atoms with Crippen molar-refractivity contribution in [2.45, 2.75) is 18.4 Å². The highest BCUT2D eigenvalue weighted by Crippen LogP contribution is 2.39. The van der Waals surface area contributed by atoms with Gasteiger partial charge in [0.1, 0.15) is 17.0 Å². The maximum Gasteiger partial charge on any atom is 0.288 e. The van der Waals surface area contributed by atoms with Gasteiger partial charge in [-0.3, -0.25) is 9.59 Å². The zero-order chi connectivity index (χ0) is 28.4. The smallest absolute Gasteiger partial charge is 0.288 e. The molecule has 0 bridgehead atoms. The summed E-state index contributed by atoms with van der Waals surface area (Å²) in [6, 6.07) is 15.6. The Bertz CT molecular complexity index is 1600. The van der Waals surface area contributed by atoms with E-state index in [9.17, 15) is 18.4 Å². The van der Waals surface area contributed by atoms with Crippen molar-refractivity contribution in [2.75, 3.05) is 39.5 Å². The molecule has 9 nitrogen and oxygen atoms in total. The fraction of sp³-hybridized carbons (Fsp3) is 0.276. The number of fused-ring (bicyclic) bond motifs is 1. The number of nitrogens with two attached hydrogens (primary N) is 1. The maximum atomic E-state index is 15.0. The average Bonchev–Trinajstić information content (AvgIpc) is 3.33. The third-order valence-corrected chi connectivity index (χ3v) is 6.75. The molecule has 0 aliphatic carbocycles. The summed E-state index contributed by atoms with van der Waals surface area (Å²) in [4.78, 5) is 28.7. The third-order valence-electron chi connectivity index (χ3n) is 6.75. The summed E-state index contributed by atoms with van der Waals surface area (Å²) >= 11 is 0. The molecule has 3 N–H and O–H groups in total. The Kier molecular flexibility index (Phi) is 7.40. The number of alkyl halides is 2. The van der Waals surface area contributed by atoms with Crippen LogP contribution in [0.3, 0.4) is 0 Å². The molecule has 208 valence electrons. The van der Waals surface area contributed by atoms with Crippen LogP contribution in [-0.4, -0.2) is 70.1 Å². The van der Waals surface area contributed by atoms with Crippen LogP contribution < -0.4 is 16.0 Å². The number of benzene rings is 2. The Balaban J connectivity index is 1.51. The number of aromatic amines is 1. The topological polar surface area (TPSA) is 109 Å².